The molecule has 1 fully saturated rings. The lowest BCUT2D eigenvalue weighted by atomic mass is 9.97. The molecule has 0 amide bonds. The molecule has 4 heteroatoms. The molecule has 0 spiro atoms. The Balaban J connectivity index is 1.76. The first-order valence-corrected chi connectivity index (χ1v) is 6.05. The number of hydrogen-bond donors (Lipinski definition) is 0. The molecule has 4 nitrogen and oxygen atoms in total. The normalized spacial score (nSPS) is 19.6. The average Bonchev–Trinajstić information content (AvgIpc) is 2.40. The lowest BCUT2D eigenvalue weighted by Gasteiger charge is -2.19. The molecule has 1 atom stereocenters. The van der Waals surface area contributed by atoms with Crippen LogP contribution in [0.1, 0.15) is 18.4 Å². The zero-order valence-corrected chi connectivity index (χ0v) is 10.1. The van der Waals surface area contributed by atoms with E-state index in [0.717, 1.165) is 5.56 Å². The van der Waals surface area contributed by atoms with Crippen LogP contribution in [0.2, 0.25) is 0 Å². The fourth-order valence-electron chi connectivity index (χ4n) is 1.87. The molecule has 0 radical (unpaired) electrons. The van der Waals surface area contributed by atoms with E-state index < -0.39 is 0 Å². The fraction of sp³-hybridized carbons (Fsp3) is 0.429. The summed E-state index contributed by atoms with van der Waals surface area (Å²) in [4.78, 5) is 23.1. The van der Waals surface area contributed by atoms with Crippen LogP contribution in [0.5, 0.6) is 0 Å². The molecular weight excluding hydrogens is 232 g/mol. The minimum Gasteiger partial charge on any atom is -0.461 e. The molecule has 0 saturated carbocycles. The van der Waals surface area contributed by atoms with Gasteiger partial charge in [0.05, 0.1) is 25.6 Å². The molecule has 18 heavy (non-hydrogen) atoms. The Morgan fingerprint density at radius 2 is 2.11 bits per heavy atom. The number of rotatable bonds is 4. The molecule has 1 aliphatic heterocycles. The van der Waals surface area contributed by atoms with Crippen molar-refractivity contribution in [2.75, 3.05) is 13.2 Å². The predicted octanol–water partition coefficient (Wildman–Crippen LogP) is 1.73. The monoisotopic (exact) mass is 248 g/mol. The van der Waals surface area contributed by atoms with E-state index in [1.54, 1.807) is 0 Å². The lowest BCUT2D eigenvalue weighted by Crippen LogP contribution is -2.29. The van der Waals surface area contributed by atoms with Crippen LogP contribution in [-0.4, -0.2) is 25.0 Å². The van der Waals surface area contributed by atoms with Gasteiger partial charge >= 0.3 is 5.97 Å². The van der Waals surface area contributed by atoms with Gasteiger partial charge in [-0.1, -0.05) is 30.3 Å². The van der Waals surface area contributed by atoms with Gasteiger partial charge in [0.1, 0.15) is 12.4 Å². The number of esters is 1. The molecule has 1 heterocycles. The van der Waals surface area contributed by atoms with Crippen molar-refractivity contribution in [1.82, 2.24) is 0 Å². The number of benzene rings is 1. The van der Waals surface area contributed by atoms with E-state index in [4.69, 9.17) is 9.47 Å². The summed E-state index contributed by atoms with van der Waals surface area (Å²) >= 11 is 0. The van der Waals surface area contributed by atoms with E-state index in [2.05, 4.69) is 0 Å². The maximum atomic E-state index is 11.6. The molecule has 0 aliphatic carbocycles. The van der Waals surface area contributed by atoms with Crippen LogP contribution in [0.25, 0.3) is 0 Å². The Kier molecular flexibility index (Phi) is 4.47. The van der Waals surface area contributed by atoms with Crippen molar-refractivity contribution in [3.05, 3.63) is 35.9 Å². The Labute approximate surface area is 106 Å². The summed E-state index contributed by atoms with van der Waals surface area (Å²) in [7, 11) is 0. The quantitative estimate of drug-likeness (QED) is 0.761. The molecule has 1 aromatic rings. The lowest BCUT2D eigenvalue weighted by molar-refractivity contribution is -0.150. The van der Waals surface area contributed by atoms with Crippen LogP contribution in [0.4, 0.5) is 0 Å². The molecule has 0 aromatic heterocycles. The highest BCUT2D eigenvalue weighted by atomic mass is 16.5. The van der Waals surface area contributed by atoms with Gasteiger partial charge in [-0.15, -0.1) is 0 Å². The summed E-state index contributed by atoms with van der Waals surface area (Å²) in [6.07, 6.45) is 0.516. The molecule has 0 bridgehead atoms. The Morgan fingerprint density at radius 1 is 1.33 bits per heavy atom. The maximum absolute atomic E-state index is 11.6. The zero-order chi connectivity index (χ0) is 12.8. The third-order valence-corrected chi connectivity index (χ3v) is 2.92. The van der Waals surface area contributed by atoms with Gasteiger partial charge in [-0.3, -0.25) is 9.59 Å². The number of Topliss-reactive ketones (excluding diaryl/α,β-unsaturated/α-hetero) is 1. The smallest absolute Gasteiger partial charge is 0.306 e. The van der Waals surface area contributed by atoms with Crippen molar-refractivity contribution in [1.29, 1.82) is 0 Å². The minimum absolute atomic E-state index is 0.0953. The van der Waals surface area contributed by atoms with Gasteiger partial charge in [0.2, 0.25) is 0 Å². The largest absolute Gasteiger partial charge is 0.461 e. The fourth-order valence-corrected chi connectivity index (χ4v) is 1.87. The second-order valence-corrected chi connectivity index (χ2v) is 4.34. The second-order valence-electron chi connectivity index (χ2n) is 4.34. The Hall–Kier alpha value is -1.68. The molecule has 1 saturated heterocycles. The number of carbonyl (C=O) groups is 2. The van der Waals surface area contributed by atoms with Crippen LogP contribution >= 0.6 is 0 Å². The third kappa shape index (κ3) is 3.67. The van der Waals surface area contributed by atoms with Gasteiger partial charge in [0, 0.05) is 6.42 Å². The van der Waals surface area contributed by atoms with E-state index in [1.807, 2.05) is 30.3 Å². The highest BCUT2D eigenvalue weighted by Gasteiger charge is 2.25. The zero-order valence-electron chi connectivity index (χ0n) is 10.1. The number of carbonyl (C=O) groups excluding carboxylic acids is 2. The van der Waals surface area contributed by atoms with E-state index in [0.29, 0.717) is 19.6 Å². The van der Waals surface area contributed by atoms with Crippen molar-refractivity contribution in [2.24, 2.45) is 5.92 Å². The molecule has 0 unspecified atom stereocenters. The Bertz CT molecular complexity index is 413. The average molecular weight is 248 g/mol. The summed E-state index contributed by atoms with van der Waals surface area (Å²) in [6, 6.07) is 9.47. The van der Waals surface area contributed by atoms with Crippen molar-refractivity contribution >= 4 is 11.8 Å². The van der Waals surface area contributed by atoms with Crippen LogP contribution < -0.4 is 0 Å². The molecular formula is C14H16O4. The maximum Gasteiger partial charge on any atom is 0.306 e. The number of hydrogen-bond acceptors (Lipinski definition) is 4. The molecule has 1 aromatic carbocycles. The number of ketones is 1. The van der Waals surface area contributed by atoms with Crippen LogP contribution in [-0.2, 0) is 25.7 Å². The van der Waals surface area contributed by atoms with Gasteiger partial charge < -0.3 is 9.47 Å². The highest BCUT2D eigenvalue weighted by Crippen LogP contribution is 2.14. The topological polar surface area (TPSA) is 52.6 Å². The Morgan fingerprint density at radius 3 is 2.83 bits per heavy atom. The molecule has 0 N–H and O–H groups in total. The van der Waals surface area contributed by atoms with Gasteiger partial charge in [-0.25, -0.2) is 0 Å². The van der Waals surface area contributed by atoms with Crippen LogP contribution in [0, 0.1) is 5.92 Å². The van der Waals surface area contributed by atoms with Crippen LogP contribution in [0.3, 0.4) is 0 Å². The third-order valence-electron chi connectivity index (χ3n) is 2.92. The van der Waals surface area contributed by atoms with E-state index >= 15 is 0 Å². The van der Waals surface area contributed by atoms with Crippen molar-refractivity contribution in [3.8, 4) is 0 Å². The summed E-state index contributed by atoms with van der Waals surface area (Å²) in [5, 5.41) is 0. The second kappa shape index (κ2) is 6.31. The number of ether oxygens (including phenoxy) is 2. The van der Waals surface area contributed by atoms with Gasteiger partial charge in [0.25, 0.3) is 0 Å². The molecule has 96 valence electrons. The first-order valence-electron chi connectivity index (χ1n) is 6.05. The summed E-state index contributed by atoms with van der Waals surface area (Å²) in [6.45, 7) is 1.05. The van der Waals surface area contributed by atoms with Gasteiger partial charge in [0.15, 0.2) is 0 Å². The first-order chi connectivity index (χ1) is 8.75. The SMILES string of the molecule is O=C(C[C@H]1COCCC1=O)OCc1ccccc1. The van der Waals surface area contributed by atoms with Gasteiger partial charge in [-0.2, -0.15) is 0 Å². The summed E-state index contributed by atoms with van der Waals surface area (Å²) < 4.78 is 10.3. The first kappa shape index (κ1) is 12.8. The summed E-state index contributed by atoms with van der Waals surface area (Å²) in [5.74, 6) is -0.581. The van der Waals surface area contributed by atoms with Crippen LogP contribution in [0.15, 0.2) is 30.3 Å². The molecule has 2 rings (SSSR count). The van der Waals surface area contributed by atoms with E-state index in [-0.39, 0.29) is 30.7 Å². The predicted molar refractivity (Wildman–Crippen MR) is 64.8 cm³/mol. The van der Waals surface area contributed by atoms with Crippen molar-refractivity contribution in [3.63, 3.8) is 0 Å². The minimum atomic E-state index is -0.345. The van der Waals surface area contributed by atoms with Gasteiger partial charge in [-0.05, 0) is 5.56 Å². The standard InChI is InChI=1S/C14H16O4/c15-13-6-7-17-10-12(13)8-14(16)18-9-11-4-2-1-3-5-11/h1-5,12H,6-10H2/t12-/m0/s1. The molecule has 1 aliphatic rings. The highest BCUT2D eigenvalue weighted by molar-refractivity contribution is 5.86. The summed E-state index contributed by atoms with van der Waals surface area (Å²) in [5.41, 5.74) is 0.942. The van der Waals surface area contributed by atoms with E-state index in [9.17, 15) is 9.59 Å². The van der Waals surface area contributed by atoms with Crippen molar-refractivity contribution < 1.29 is 19.1 Å². The van der Waals surface area contributed by atoms with E-state index in [1.165, 1.54) is 0 Å². The van der Waals surface area contributed by atoms with Crippen molar-refractivity contribution in [2.45, 2.75) is 19.4 Å².